The van der Waals surface area contributed by atoms with E-state index in [4.69, 9.17) is 11.6 Å². The van der Waals surface area contributed by atoms with Crippen LogP contribution in [-0.2, 0) is 24.8 Å². The van der Waals surface area contributed by atoms with Crippen molar-refractivity contribution in [2.24, 2.45) is 12.0 Å². The van der Waals surface area contributed by atoms with Gasteiger partial charge in [-0.05, 0) is 24.1 Å². The molecule has 0 spiro atoms. The molecule has 0 saturated heterocycles. The van der Waals surface area contributed by atoms with Crippen molar-refractivity contribution in [3.63, 3.8) is 0 Å². The lowest BCUT2D eigenvalue weighted by molar-refractivity contribution is -0.117. The van der Waals surface area contributed by atoms with Crippen molar-refractivity contribution in [1.82, 2.24) is 14.8 Å². The Hall–Kier alpha value is -2.47. The molecule has 1 N–H and O–H groups in total. The molecule has 1 amide bonds. The molecule has 2 heterocycles. The monoisotopic (exact) mass is 373 g/mol. The van der Waals surface area contributed by atoms with Gasteiger partial charge in [-0.3, -0.25) is 9.79 Å². The highest BCUT2D eigenvalue weighted by atomic mass is 35.5. The van der Waals surface area contributed by atoms with Crippen LogP contribution in [0.4, 0.5) is 5.69 Å². The second-order valence-corrected chi connectivity index (χ2v) is 6.88. The maximum absolute atomic E-state index is 12.6. The third-order valence-corrected chi connectivity index (χ3v) is 4.84. The van der Waals surface area contributed by atoms with E-state index in [0.717, 1.165) is 24.3 Å². The van der Waals surface area contributed by atoms with E-state index in [-0.39, 0.29) is 12.5 Å². The summed E-state index contributed by atoms with van der Waals surface area (Å²) in [5.41, 5.74) is 3.31. The van der Waals surface area contributed by atoms with Crippen LogP contribution in [0.15, 0.2) is 41.5 Å². The van der Waals surface area contributed by atoms with E-state index in [1.165, 1.54) is 5.56 Å². The lowest BCUT2D eigenvalue weighted by Gasteiger charge is -2.23. The first kappa shape index (κ1) is 18.3. The number of aliphatic imine (C=N–C) groups is 1. The smallest absolute Gasteiger partial charge is 0.246 e. The van der Waals surface area contributed by atoms with E-state index in [1.54, 1.807) is 7.05 Å². The third-order valence-electron chi connectivity index (χ3n) is 4.63. The first-order chi connectivity index (χ1) is 12.5. The zero-order chi connectivity index (χ0) is 18.7. The Morgan fingerprint density at radius 1 is 1.38 bits per heavy atom. The molecule has 0 unspecified atom stereocenters. The zero-order valence-corrected chi connectivity index (χ0v) is 16.1. The highest BCUT2D eigenvalue weighted by Crippen LogP contribution is 2.27. The molecule has 0 fully saturated rings. The van der Waals surface area contributed by atoms with Gasteiger partial charge in [-0.2, -0.15) is 0 Å². The fourth-order valence-electron chi connectivity index (χ4n) is 3.27. The van der Waals surface area contributed by atoms with Crippen molar-refractivity contribution in [3.05, 3.63) is 52.8 Å². The molecule has 2 aromatic rings. The van der Waals surface area contributed by atoms with Gasteiger partial charge < -0.3 is 19.7 Å². The number of hydrogen-bond donors (Lipinski definition) is 1. The molecule has 0 aliphatic carbocycles. The maximum atomic E-state index is 12.6. The van der Waals surface area contributed by atoms with Crippen LogP contribution >= 0.6 is 11.6 Å². The number of fused-ring (bicyclic) bond motifs is 1. The van der Waals surface area contributed by atoms with Gasteiger partial charge in [0, 0.05) is 45.3 Å². The molecule has 1 aromatic heterocycles. The molecule has 26 heavy (non-hydrogen) atoms. The van der Waals surface area contributed by atoms with E-state index in [2.05, 4.69) is 16.4 Å². The van der Waals surface area contributed by atoms with Crippen LogP contribution in [0.1, 0.15) is 11.3 Å². The number of nitrogens with zero attached hydrogens (tertiary/aromatic N) is 4. The number of para-hydroxylation sites is 1. The standard InChI is InChI=1S/C19H24ClN5O/c1-21-19(24(3)13-16-10-15(20)12-23(16)2)22-11-18(26)25-9-8-14-6-4-5-7-17(14)25/h4-7,10,12H,8-9,11,13H2,1-3H3,(H,21,22). The molecule has 0 bridgehead atoms. The largest absolute Gasteiger partial charge is 0.351 e. The number of benzene rings is 1. The van der Waals surface area contributed by atoms with Gasteiger partial charge in [-0.25, -0.2) is 0 Å². The summed E-state index contributed by atoms with van der Waals surface area (Å²) < 4.78 is 1.98. The number of hydrogen-bond acceptors (Lipinski definition) is 2. The van der Waals surface area contributed by atoms with E-state index in [9.17, 15) is 4.79 Å². The SMILES string of the molecule is CN=C(NCC(=O)N1CCc2ccccc21)N(C)Cc1cc(Cl)cn1C. The minimum Gasteiger partial charge on any atom is -0.351 e. The molecule has 0 radical (unpaired) electrons. The van der Waals surface area contributed by atoms with Crippen molar-refractivity contribution < 1.29 is 4.79 Å². The first-order valence-electron chi connectivity index (χ1n) is 8.60. The topological polar surface area (TPSA) is 52.9 Å². The number of aryl methyl sites for hydroxylation is 1. The quantitative estimate of drug-likeness (QED) is 0.660. The summed E-state index contributed by atoms with van der Waals surface area (Å²) in [4.78, 5) is 20.7. The predicted molar refractivity (Wildman–Crippen MR) is 106 cm³/mol. The van der Waals surface area contributed by atoms with Gasteiger partial charge in [0.15, 0.2) is 5.96 Å². The molecule has 6 nitrogen and oxygen atoms in total. The van der Waals surface area contributed by atoms with Crippen LogP contribution in [0, 0.1) is 0 Å². The van der Waals surface area contributed by atoms with E-state index in [1.807, 2.05) is 58.9 Å². The van der Waals surface area contributed by atoms with E-state index in [0.29, 0.717) is 17.5 Å². The number of carbonyl (C=O) groups is 1. The molecule has 7 heteroatoms. The van der Waals surface area contributed by atoms with Crippen molar-refractivity contribution in [2.75, 3.05) is 32.1 Å². The second-order valence-electron chi connectivity index (χ2n) is 6.44. The molecule has 0 atom stereocenters. The summed E-state index contributed by atoms with van der Waals surface area (Å²) in [7, 11) is 5.61. The maximum Gasteiger partial charge on any atom is 0.246 e. The van der Waals surface area contributed by atoms with Crippen molar-refractivity contribution in [1.29, 1.82) is 0 Å². The molecule has 1 aromatic carbocycles. The number of nitrogens with one attached hydrogen (secondary N) is 1. The van der Waals surface area contributed by atoms with Gasteiger partial charge in [0.25, 0.3) is 0 Å². The Kier molecular flexibility index (Phi) is 5.52. The number of anilines is 1. The fourth-order valence-corrected chi connectivity index (χ4v) is 3.55. The van der Waals surface area contributed by atoms with Crippen LogP contribution in [0.3, 0.4) is 0 Å². The fraction of sp³-hybridized carbons (Fsp3) is 0.368. The Balaban J connectivity index is 1.59. The lowest BCUT2D eigenvalue weighted by Crippen LogP contribution is -2.45. The van der Waals surface area contributed by atoms with E-state index < -0.39 is 0 Å². The summed E-state index contributed by atoms with van der Waals surface area (Å²) in [6.45, 7) is 1.58. The average Bonchev–Trinajstić information content (AvgIpc) is 3.18. The molecule has 0 saturated carbocycles. The van der Waals surface area contributed by atoms with Gasteiger partial charge >= 0.3 is 0 Å². The molecular formula is C19H24ClN5O. The normalized spacial score (nSPS) is 13.7. The average molecular weight is 374 g/mol. The Labute approximate surface area is 159 Å². The summed E-state index contributed by atoms with van der Waals surface area (Å²) in [6, 6.07) is 9.99. The minimum absolute atomic E-state index is 0.0476. The van der Waals surface area contributed by atoms with Gasteiger partial charge in [0.05, 0.1) is 18.1 Å². The second kappa shape index (κ2) is 7.83. The van der Waals surface area contributed by atoms with Gasteiger partial charge in [-0.1, -0.05) is 29.8 Å². The number of rotatable bonds is 4. The predicted octanol–water partition coefficient (Wildman–Crippen LogP) is 2.28. The van der Waals surface area contributed by atoms with Crippen molar-refractivity contribution in [2.45, 2.75) is 13.0 Å². The zero-order valence-electron chi connectivity index (χ0n) is 15.4. The summed E-state index contributed by atoms with van der Waals surface area (Å²) >= 11 is 6.04. The summed E-state index contributed by atoms with van der Waals surface area (Å²) in [5, 5.41) is 3.88. The molecule has 138 valence electrons. The highest BCUT2D eigenvalue weighted by Gasteiger charge is 2.24. The van der Waals surface area contributed by atoms with Crippen LogP contribution in [0.25, 0.3) is 0 Å². The van der Waals surface area contributed by atoms with Crippen molar-refractivity contribution in [3.8, 4) is 0 Å². The Morgan fingerprint density at radius 3 is 2.85 bits per heavy atom. The van der Waals surface area contributed by atoms with Gasteiger partial charge in [0.2, 0.25) is 5.91 Å². The summed E-state index contributed by atoms with van der Waals surface area (Å²) in [5.74, 6) is 0.717. The molecule has 1 aliphatic heterocycles. The van der Waals surface area contributed by atoms with Gasteiger partial charge in [0.1, 0.15) is 0 Å². The molecular weight excluding hydrogens is 350 g/mol. The van der Waals surface area contributed by atoms with Gasteiger partial charge in [-0.15, -0.1) is 0 Å². The first-order valence-corrected chi connectivity index (χ1v) is 8.98. The summed E-state index contributed by atoms with van der Waals surface area (Å²) in [6.07, 6.45) is 2.78. The molecule has 1 aliphatic rings. The number of carbonyl (C=O) groups excluding carboxylic acids is 1. The minimum atomic E-state index is 0.0476. The molecule has 3 rings (SSSR count). The van der Waals surface area contributed by atoms with E-state index >= 15 is 0 Å². The van der Waals surface area contributed by atoms with Crippen LogP contribution in [0.5, 0.6) is 0 Å². The number of aromatic nitrogens is 1. The Bertz CT molecular complexity index is 829. The van der Waals surface area contributed by atoms with Crippen molar-refractivity contribution >= 4 is 29.2 Å². The highest BCUT2D eigenvalue weighted by molar-refractivity contribution is 6.30. The van der Waals surface area contributed by atoms with Crippen LogP contribution in [0.2, 0.25) is 5.02 Å². The number of amides is 1. The number of halogens is 1. The Morgan fingerprint density at radius 2 is 2.15 bits per heavy atom. The van der Waals surface area contributed by atoms with Crippen LogP contribution < -0.4 is 10.2 Å². The van der Waals surface area contributed by atoms with Crippen LogP contribution in [-0.4, -0.2) is 48.5 Å². The third kappa shape index (κ3) is 3.85. The number of guanidine groups is 1. The lowest BCUT2D eigenvalue weighted by atomic mass is 10.2.